The molecule has 0 bridgehead atoms. The first-order valence-corrected chi connectivity index (χ1v) is 7.28. The molecule has 1 aliphatic rings. The Hall–Kier alpha value is -0.380. The smallest absolute Gasteiger partial charge is 0.0670 e. The lowest BCUT2D eigenvalue weighted by molar-refractivity contribution is 0.0822. The molecule has 0 aromatic rings. The Labute approximate surface area is 112 Å². The minimum atomic E-state index is -0.179. The number of aliphatic hydroxyl groups is 1. The van der Waals surface area contributed by atoms with Crippen molar-refractivity contribution in [1.29, 1.82) is 0 Å². The van der Waals surface area contributed by atoms with Crippen LogP contribution in [0.5, 0.6) is 0 Å². The Morgan fingerprint density at radius 1 is 1.39 bits per heavy atom. The lowest BCUT2D eigenvalue weighted by atomic mass is 9.93. The van der Waals surface area contributed by atoms with E-state index in [-0.39, 0.29) is 6.10 Å². The summed E-state index contributed by atoms with van der Waals surface area (Å²) in [6, 6.07) is 0. The molecule has 1 fully saturated rings. The van der Waals surface area contributed by atoms with Crippen molar-refractivity contribution in [3.63, 3.8) is 0 Å². The quantitative estimate of drug-likeness (QED) is 0.671. The van der Waals surface area contributed by atoms with Crippen LogP contribution in [0.25, 0.3) is 0 Å². The van der Waals surface area contributed by atoms with E-state index in [0.29, 0.717) is 0 Å². The third kappa shape index (κ3) is 6.53. The zero-order chi connectivity index (χ0) is 13.4. The number of aliphatic hydroxyl groups excluding tert-OH is 1. The Balaban J connectivity index is 2.12. The van der Waals surface area contributed by atoms with E-state index in [0.717, 1.165) is 38.4 Å². The van der Waals surface area contributed by atoms with Crippen molar-refractivity contribution in [3.8, 4) is 0 Å². The van der Waals surface area contributed by atoms with E-state index in [2.05, 4.69) is 30.5 Å². The minimum absolute atomic E-state index is 0.179. The first-order valence-electron chi connectivity index (χ1n) is 7.28. The molecular formula is C15H30N2O. The number of hydrogen-bond acceptors (Lipinski definition) is 3. The van der Waals surface area contributed by atoms with Gasteiger partial charge in [0, 0.05) is 6.54 Å². The predicted octanol–water partition coefficient (Wildman–Crippen LogP) is 1.98. The molecule has 0 amide bonds. The molecule has 1 unspecified atom stereocenters. The zero-order valence-electron chi connectivity index (χ0n) is 12.1. The molecule has 1 atom stereocenters. The summed E-state index contributed by atoms with van der Waals surface area (Å²) in [7, 11) is 4.29. The Morgan fingerprint density at radius 2 is 2.06 bits per heavy atom. The second kappa shape index (κ2) is 8.68. The van der Waals surface area contributed by atoms with Gasteiger partial charge in [-0.1, -0.05) is 6.08 Å². The number of likely N-dealkylation sites (tertiary alicyclic amines) is 1. The van der Waals surface area contributed by atoms with Crippen LogP contribution in [0.15, 0.2) is 12.7 Å². The number of β-amino-alcohol motifs (C(OH)–C–C–N with tert-alkyl or cyclic N) is 1. The molecule has 3 heteroatoms. The van der Waals surface area contributed by atoms with Crippen LogP contribution in [-0.4, -0.2) is 61.3 Å². The molecule has 0 aliphatic carbocycles. The van der Waals surface area contributed by atoms with Crippen molar-refractivity contribution in [1.82, 2.24) is 9.80 Å². The summed E-state index contributed by atoms with van der Waals surface area (Å²) in [6.45, 7) is 8.05. The second-order valence-electron chi connectivity index (χ2n) is 5.86. The Kier molecular flexibility index (Phi) is 7.56. The van der Waals surface area contributed by atoms with Gasteiger partial charge in [0.1, 0.15) is 0 Å². The maximum atomic E-state index is 9.88. The van der Waals surface area contributed by atoms with Gasteiger partial charge in [-0.05, 0) is 71.8 Å². The molecular weight excluding hydrogens is 224 g/mol. The highest BCUT2D eigenvalue weighted by atomic mass is 16.3. The first-order chi connectivity index (χ1) is 8.61. The van der Waals surface area contributed by atoms with Crippen LogP contribution in [0.3, 0.4) is 0 Å². The van der Waals surface area contributed by atoms with Gasteiger partial charge in [-0.3, -0.25) is 0 Å². The molecule has 18 heavy (non-hydrogen) atoms. The van der Waals surface area contributed by atoms with Crippen molar-refractivity contribution in [2.24, 2.45) is 5.92 Å². The van der Waals surface area contributed by atoms with Gasteiger partial charge < -0.3 is 14.9 Å². The SMILES string of the molecule is C=CCCC(O)CN1CCC(CCN(C)C)CC1. The minimum Gasteiger partial charge on any atom is -0.392 e. The van der Waals surface area contributed by atoms with Crippen molar-refractivity contribution >= 4 is 0 Å². The molecule has 3 nitrogen and oxygen atoms in total. The largest absolute Gasteiger partial charge is 0.392 e. The van der Waals surface area contributed by atoms with Crippen LogP contribution >= 0.6 is 0 Å². The molecule has 0 saturated carbocycles. The standard InChI is InChI=1S/C15H30N2O/c1-4-5-6-15(18)13-17-11-8-14(9-12-17)7-10-16(2)3/h4,14-15,18H,1,5-13H2,2-3H3. The fraction of sp³-hybridized carbons (Fsp3) is 0.867. The molecule has 1 heterocycles. The number of piperidine rings is 1. The maximum absolute atomic E-state index is 9.88. The third-order valence-corrected chi connectivity index (χ3v) is 3.86. The zero-order valence-corrected chi connectivity index (χ0v) is 12.1. The summed E-state index contributed by atoms with van der Waals surface area (Å²) < 4.78 is 0. The second-order valence-corrected chi connectivity index (χ2v) is 5.86. The third-order valence-electron chi connectivity index (χ3n) is 3.86. The van der Waals surface area contributed by atoms with E-state index >= 15 is 0 Å². The monoisotopic (exact) mass is 254 g/mol. The van der Waals surface area contributed by atoms with Gasteiger partial charge in [-0.25, -0.2) is 0 Å². The molecule has 0 aromatic carbocycles. The predicted molar refractivity (Wildman–Crippen MR) is 77.8 cm³/mol. The molecule has 1 N–H and O–H groups in total. The van der Waals surface area contributed by atoms with Crippen LogP contribution in [0.1, 0.15) is 32.1 Å². The summed E-state index contributed by atoms with van der Waals surface area (Å²) in [5.74, 6) is 0.883. The highest BCUT2D eigenvalue weighted by Gasteiger charge is 2.20. The summed E-state index contributed by atoms with van der Waals surface area (Å²) in [6.07, 6.45) is 7.38. The lowest BCUT2D eigenvalue weighted by Crippen LogP contribution is -2.39. The Bertz CT molecular complexity index is 223. The van der Waals surface area contributed by atoms with E-state index in [9.17, 15) is 5.11 Å². The molecule has 1 aliphatic heterocycles. The van der Waals surface area contributed by atoms with Crippen LogP contribution in [0, 0.1) is 5.92 Å². The average Bonchev–Trinajstić information content (AvgIpc) is 2.35. The fourth-order valence-electron chi connectivity index (χ4n) is 2.60. The number of rotatable bonds is 8. The van der Waals surface area contributed by atoms with E-state index in [1.54, 1.807) is 0 Å². The van der Waals surface area contributed by atoms with Gasteiger partial charge >= 0.3 is 0 Å². The van der Waals surface area contributed by atoms with Crippen LogP contribution in [0.2, 0.25) is 0 Å². The molecule has 0 radical (unpaired) electrons. The van der Waals surface area contributed by atoms with Gasteiger partial charge in [0.2, 0.25) is 0 Å². The van der Waals surface area contributed by atoms with Crippen molar-refractivity contribution in [2.45, 2.75) is 38.2 Å². The van der Waals surface area contributed by atoms with Gasteiger partial charge in [0.15, 0.2) is 0 Å². The van der Waals surface area contributed by atoms with Crippen molar-refractivity contribution < 1.29 is 5.11 Å². The fourth-order valence-corrected chi connectivity index (χ4v) is 2.60. The lowest BCUT2D eigenvalue weighted by Gasteiger charge is -2.33. The highest BCUT2D eigenvalue weighted by molar-refractivity contribution is 4.76. The van der Waals surface area contributed by atoms with Crippen molar-refractivity contribution in [2.75, 3.05) is 40.3 Å². The summed E-state index contributed by atoms with van der Waals surface area (Å²) >= 11 is 0. The van der Waals surface area contributed by atoms with Gasteiger partial charge in [0.05, 0.1) is 6.10 Å². The molecule has 1 saturated heterocycles. The highest BCUT2D eigenvalue weighted by Crippen LogP contribution is 2.20. The molecule has 0 spiro atoms. The van der Waals surface area contributed by atoms with E-state index in [1.165, 1.54) is 25.8 Å². The first kappa shape index (κ1) is 15.7. The van der Waals surface area contributed by atoms with Crippen molar-refractivity contribution in [3.05, 3.63) is 12.7 Å². The molecule has 1 rings (SSSR count). The molecule has 0 aromatic heterocycles. The summed E-state index contributed by atoms with van der Waals surface area (Å²) in [4.78, 5) is 4.69. The van der Waals surface area contributed by atoms with Crippen LogP contribution in [-0.2, 0) is 0 Å². The van der Waals surface area contributed by atoms with E-state index in [1.807, 2.05) is 6.08 Å². The normalized spacial score (nSPS) is 20.2. The Morgan fingerprint density at radius 3 is 2.61 bits per heavy atom. The van der Waals surface area contributed by atoms with Gasteiger partial charge in [-0.2, -0.15) is 0 Å². The van der Waals surface area contributed by atoms with E-state index in [4.69, 9.17) is 0 Å². The number of nitrogens with zero attached hydrogens (tertiary/aromatic N) is 2. The van der Waals surface area contributed by atoms with Crippen LogP contribution in [0.4, 0.5) is 0 Å². The van der Waals surface area contributed by atoms with Crippen LogP contribution < -0.4 is 0 Å². The molecule has 106 valence electrons. The number of hydrogen-bond donors (Lipinski definition) is 1. The number of allylic oxidation sites excluding steroid dienone is 1. The summed E-state index contributed by atoms with van der Waals surface area (Å²) in [5, 5.41) is 9.88. The topological polar surface area (TPSA) is 26.7 Å². The average molecular weight is 254 g/mol. The maximum Gasteiger partial charge on any atom is 0.0670 e. The van der Waals surface area contributed by atoms with Gasteiger partial charge in [-0.15, -0.1) is 6.58 Å². The van der Waals surface area contributed by atoms with E-state index < -0.39 is 0 Å². The van der Waals surface area contributed by atoms with Gasteiger partial charge in [0.25, 0.3) is 0 Å². The summed E-state index contributed by atoms with van der Waals surface area (Å²) in [5.41, 5.74) is 0.